The molecule has 0 aromatic heterocycles. The van der Waals surface area contributed by atoms with Gasteiger partial charge in [-0.15, -0.1) is 6.58 Å². The van der Waals surface area contributed by atoms with E-state index in [0.717, 1.165) is 5.82 Å². The van der Waals surface area contributed by atoms with Crippen molar-refractivity contribution in [2.24, 2.45) is 0 Å². The Hall–Kier alpha value is -0.370. The van der Waals surface area contributed by atoms with E-state index in [1.54, 1.807) is 0 Å². The highest BCUT2D eigenvalue weighted by molar-refractivity contribution is 7.54. The minimum Gasteiger partial charge on any atom is -0.775 e. The van der Waals surface area contributed by atoms with Gasteiger partial charge < -0.3 is 14.0 Å². The second kappa shape index (κ2) is 3.62. The van der Waals surface area contributed by atoms with Crippen molar-refractivity contribution in [3.8, 4) is 0 Å². The summed E-state index contributed by atoms with van der Waals surface area (Å²) in [6.45, 7) is 6.34. The lowest BCUT2D eigenvalue weighted by Gasteiger charge is -2.16. The fraction of sp³-hybridized carbons (Fsp3) is 0.200. The molecule has 0 saturated carbocycles. The molecule has 52 valence electrons. The van der Waals surface area contributed by atoms with Gasteiger partial charge in [0, 0.05) is 0 Å². The Bertz CT molecular complexity index is 152. The van der Waals surface area contributed by atoms with E-state index in [9.17, 15) is 9.46 Å². The first-order valence-electron chi connectivity index (χ1n) is 2.32. The van der Waals surface area contributed by atoms with E-state index >= 15 is 0 Å². The summed E-state index contributed by atoms with van der Waals surface area (Å²) in [5.74, 6) is 0.774. The topological polar surface area (TPSA) is 49.4 Å². The number of rotatable bonds is 4. The van der Waals surface area contributed by atoms with Crippen molar-refractivity contribution in [3.05, 3.63) is 25.1 Å². The molecule has 0 heterocycles. The lowest BCUT2D eigenvalue weighted by atomic mass is 10.7. The highest BCUT2D eigenvalue weighted by atomic mass is 31.2. The smallest absolute Gasteiger partial charge is 0.157 e. The average Bonchev–Trinajstić information content (AvgIpc) is 1.84. The van der Waals surface area contributed by atoms with Gasteiger partial charge in [-0.1, -0.05) is 12.7 Å². The summed E-state index contributed by atoms with van der Waals surface area (Å²) in [4.78, 5) is 10.4. The molecule has 0 radical (unpaired) electrons. The van der Waals surface area contributed by atoms with Crippen LogP contribution >= 0.6 is 7.60 Å². The normalized spacial score (nSPS) is 16.1. The molecule has 0 aliphatic heterocycles. The molecule has 0 aromatic carbocycles. The molecule has 0 fully saturated rings. The standard InChI is InChI=1S/C5H9O3P/c1-3-5-8-9(6,7)4-2/h3-4H,1-2,5H2,(H,6,7)/p-1. The molecule has 3 nitrogen and oxygen atoms in total. The van der Waals surface area contributed by atoms with Crippen molar-refractivity contribution in [2.75, 3.05) is 6.61 Å². The van der Waals surface area contributed by atoms with Crippen molar-refractivity contribution < 1.29 is 14.0 Å². The summed E-state index contributed by atoms with van der Waals surface area (Å²) in [7, 11) is -3.75. The third-order valence-electron chi connectivity index (χ3n) is 0.596. The zero-order valence-corrected chi connectivity index (χ0v) is 5.84. The van der Waals surface area contributed by atoms with Crippen LogP contribution in [0.3, 0.4) is 0 Å². The summed E-state index contributed by atoms with van der Waals surface area (Å²) in [6.07, 6.45) is 1.36. The summed E-state index contributed by atoms with van der Waals surface area (Å²) in [5.41, 5.74) is 0. The van der Waals surface area contributed by atoms with Crippen LogP contribution < -0.4 is 4.89 Å². The molecule has 9 heavy (non-hydrogen) atoms. The van der Waals surface area contributed by atoms with Gasteiger partial charge in [0.15, 0.2) is 7.60 Å². The molecule has 0 aliphatic rings. The van der Waals surface area contributed by atoms with Gasteiger partial charge in [-0.05, 0) is 5.82 Å². The third-order valence-corrected chi connectivity index (χ3v) is 1.55. The molecule has 0 bridgehead atoms. The number of hydrogen-bond acceptors (Lipinski definition) is 3. The molecule has 0 aromatic rings. The van der Waals surface area contributed by atoms with E-state index in [2.05, 4.69) is 17.7 Å². The zero-order chi connectivity index (χ0) is 7.33. The first kappa shape index (κ1) is 8.63. The van der Waals surface area contributed by atoms with Gasteiger partial charge in [0.05, 0.1) is 6.61 Å². The van der Waals surface area contributed by atoms with Crippen LogP contribution in [0, 0.1) is 0 Å². The molecule has 1 unspecified atom stereocenters. The van der Waals surface area contributed by atoms with Crippen LogP contribution in [-0.2, 0) is 9.09 Å². The van der Waals surface area contributed by atoms with Crippen molar-refractivity contribution in [3.63, 3.8) is 0 Å². The maximum Gasteiger partial charge on any atom is 0.157 e. The van der Waals surface area contributed by atoms with Crippen LogP contribution in [0.25, 0.3) is 0 Å². The first-order valence-corrected chi connectivity index (χ1v) is 3.93. The minimum absolute atomic E-state index is 0.00674. The van der Waals surface area contributed by atoms with Crippen LogP contribution in [0.5, 0.6) is 0 Å². The predicted octanol–water partition coefficient (Wildman–Crippen LogP) is 0.886. The van der Waals surface area contributed by atoms with Crippen LogP contribution in [-0.4, -0.2) is 6.61 Å². The quantitative estimate of drug-likeness (QED) is 0.438. The van der Waals surface area contributed by atoms with Gasteiger partial charge in [0.2, 0.25) is 0 Å². The van der Waals surface area contributed by atoms with E-state index in [4.69, 9.17) is 0 Å². The van der Waals surface area contributed by atoms with E-state index < -0.39 is 7.60 Å². The SMILES string of the molecule is C=CCOP(=O)([O-])C=C. The average molecular weight is 147 g/mol. The molecule has 1 atom stereocenters. The minimum atomic E-state index is -3.75. The molecule has 0 N–H and O–H groups in total. The van der Waals surface area contributed by atoms with Gasteiger partial charge in [-0.3, -0.25) is 0 Å². The van der Waals surface area contributed by atoms with E-state index in [1.807, 2.05) is 0 Å². The van der Waals surface area contributed by atoms with Gasteiger partial charge in [0.1, 0.15) is 0 Å². The summed E-state index contributed by atoms with van der Waals surface area (Å²) in [6, 6.07) is 0. The monoisotopic (exact) mass is 147 g/mol. The summed E-state index contributed by atoms with van der Waals surface area (Å²) in [5, 5.41) is 0. The Balaban J connectivity index is 3.72. The lowest BCUT2D eigenvalue weighted by molar-refractivity contribution is -0.193. The first-order chi connectivity index (χ1) is 4.12. The molecule has 0 spiro atoms. The van der Waals surface area contributed by atoms with Gasteiger partial charge >= 0.3 is 0 Å². The van der Waals surface area contributed by atoms with Crippen molar-refractivity contribution in [2.45, 2.75) is 0 Å². The van der Waals surface area contributed by atoms with Gasteiger partial charge in [-0.2, -0.15) is 0 Å². The number of hydrogen-bond donors (Lipinski definition) is 0. The van der Waals surface area contributed by atoms with E-state index in [-0.39, 0.29) is 6.61 Å². The van der Waals surface area contributed by atoms with Crippen molar-refractivity contribution >= 4 is 7.60 Å². The fourth-order valence-electron chi connectivity index (χ4n) is 0.209. The van der Waals surface area contributed by atoms with Crippen LogP contribution in [0.1, 0.15) is 0 Å². The highest BCUT2D eigenvalue weighted by Gasteiger charge is 1.97. The maximum absolute atomic E-state index is 10.4. The van der Waals surface area contributed by atoms with E-state index in [0.29, 0.717) is 0 Å². The highest BCUT2D eigenvalue weighted by Crippen LogP contribution is 2.37. The Kier molecular flexibility index (Phi) is 3.47. The van der Waals surface area contributed by atoms with Crippen molar-refractivity contribution in [1.82, 2.24) is 0 Å². The zero-order valence-electron chi connectivity index (χ0n) is 4.95. The Morgan fingerprint density at radius 1 is 1.67 bits per heavy atom. The second-order valence-corrected chi connectivity index (χ2v) is 3.01. The maximum atomic E-state index is 10.4. The Morgan fingerprint density at radius 2 is 2.22 bits per heavy atom. The molecule has 0 aliphatic carbocycles. The molecule has 0 amide bonds. The molecule has 4 heteroatoms. The van der Waals surface area contributed by atoms with Crippen LogP contribution in [0.15, 0.2) is 25.1 Å². The Labute approximate surface area is 54.2 Å². The van der Waals surface area contributed by atoms with Gasteiger partial charge in [-0.25, -0.2) is 0 Å². The van der Waals surface area contributed by atoms with Crippen LogP contribution in [0.2, 0.25) is 0 Å². The summed E-state index contributed by atoms with van der Waals surface area (Å²) >= 11 is 0. The van der Waals surface area contributed by atoms with Gasteiger partial charge in [0.25, 0.3) is 0 Å². The summed E-state index contributed by atoms with van der Waals surface area (Å²) < 4.78 is 14.7. The van der Waals surface area contributed by atoms with Crippen molar-refractivity contribution in [1.29, 1.82) is 0 Å². The molecular weight excluding hydrogens is 139 g/mol. The second-order valence-electron chi connectivity index (χ2n) is 1.31. The fourth-order valence-corrected chi connectivity index (χ4v) is 0.628. The Morgan fingerprint density at radius 3 is 2.56 bits per heavy atom. The van der Waals surface area contributed by atoms with E-state index in [1.165, 1.54) is 6.08 Å². The third kappa shape index (κ3) is 4.15. The lowest BCUT2D eigenvalue weighted by Crippen LogP contribution is -2.01. The molecular formula is C5H8O3P-. The largest absolute Gasteiger partial charge is 0.775 e. The predicted molar refractivity (Wildman–Crippen MR) is 34.0 cm³/mol. The molecule has 0 saturated heterocycles. The molecule has 0 rings (SSSR count). The van der Waals surface area contributed by atoms with Crippen LogP contribution in [0.4, 0.5) is 0 Å².